The van der Waals surface area contributed by atoms with E-state index in [1.54, 1.807) is 5.43 Å². The van der Waals surface area contributed by atoms with Crippen LogP contribution in [-0.4, -0.2) is 12.1 Å². The number of alkyl halides is 3. The zero-order chi connectivity index (χ0) is 9.41. The largest absolute Gasteiger partial charge is 0.403 e. The molecule has 1 saturated carbocycles. The fraction of sp³-hybridized carbons (Fsp3) is 0.833. The summed E-state index contributed by atoms with van der Waals surface area (Å²) in [6.07, 6.45) is -4.36. The van der Waals surface area contributed by atoms with E-state index >= 15 is 0 Å². The summed E-state index contributed by atoms with van der Waals surface area (Å²) < 4.78 is 36.8. The van der Waals surface area contributed by atoms with Crippen LogP contribution in [0.3, 0.4) is 0 Å². The fourth-order valence-corrected chi connectivity index (χ4v) is 1.31. The summed E-state index contributed by atoms with van der Waals surface area (Å²) in [6, 6.07) is 0. The Labute approximate surface area is 67.1 Å². The van der Waals surface area contributed by atoms with Crippen molar-refractivity contribution in [1.82, 2.24) is 5.43 Å². The molecule has 0 aromatic heterocycles. The second kappa shape index (κ2) is 2.62. The Morgan fingerprint density at radius 2 is 1.92 bits per heavy atom. The molecule has 0 bridgehead atoms. The maximum Gasteiger partial charge on any atom is 0.403 e. The summed E-state index contributed by atoms with van der Waals surface area (Å²) >= 11 is 0. The van der Waals surface area contributed by atoms with E-state index in [4.69, 9.17) is 0 Å². The van der Waals surface area contributed by atoms with Crippen LogP contribution in [-0.2, 0) is 4.79 Å². The third-order valence-corrected chi connectivity index (χ3v) is 2.32. The Bertz CT molecular complexity index is 197. The number of hydrazine groups is 1. The van der Waals surface area contributed by atoms with Crippen molar-refractivity contribution in [2.45, 2.75) is 25.4 Å². The van der Waals surface area contributed by atoms with Gasteiger partial charge in [-0.1, -0.05) is 6.42 Å². The summed E-state index contributed by atoms with van der Waals surface area (Å²) in [5.41, 5.74) is -0.651. The maximum absolute atomic E-state index is 12.3. The molecule has 0 aromatic rings. The van der Waals surface area contributed by atoms with Crippen LogP contribution in [0.25, 0.3) is 0 Å². The first-order chi connectivity index (χ1) is 5.44. The van der Waals surface area contributed by atoms with Crippen LogP contribution in [0.1, 0.15) is 19.3 Å². The Hall–Kier alpha value is -0.780. The van der Waals surface area contributed by atoms with Crippen LogP contribution < -0.4 is 11.3 Å². The first kappa shape index (κ1) is 9.31. The van der Waals surface area contributed by atoms with Gasteiger partial charge in [0.25, 0.3) is 0 Å². The highest BCUT2D eigenvalue weighted by molar-refractivity contribution is 5.83. The lowest BCUT2D eigenvalue weighted by atomic mass is 9.67. The minimum atomic E-state index is -4.48. The predicted octanol–water partition coefficient (Wildman–Crippen LogP) is 0.709. The van der Waals surface area contributed by atoms with Crippen LogP contribution >= 0.6 is 0 Å². The van der Waals surface area contributed by atoms with Crippen LogP contribution in [0, 0.1) is 5.41 Å². The predicted molar refractivity (Wildman–Crippen MR) is 34.7 cm³/mol. The molecule has 0 heterocycles. The van der Waals surface area contributed by atoms with Gasteiger partial charge in [-0.3, -0.25) is 10.2 Å². The van der Waals surface area contributed by atoms with Gasteiger partial charge in [0.2, 0.25) is 5.91 Å². The normalized spacial score (nSPS) is 21.3. The molecule has 12 heavy (non-hydrogen) atoms. The Kier molecular flexibility index (Phi) is 2.03. The van der Waals surface area contributed by atoms with Gasteiger partial charge in [0.1, 0.15) is 5.41 Å². The average molecular weight is 182 g/mol. The van der Waals surface area contributed by atoms with Crippen molar-refractivity contribution in [1.29, 1.82) is 0 Å². The third kappa shape index (κ3) is 1.06. The van der Waals surface area contributed by atoms with E-state index in [0.717, 1.165) is 0 Å². The van der Waals surface area contributed by atoms with Crippen molar-refractivity contribution in [3.05, 3.63) is 0 Å². The molecule has 0 aromatic carbocycles. The Morgan fingerprint density at radius 3 is 2.00 bits per heavy atom. The molecule has 0 radical (unpaired) electrons. The van der Waals surface area contributed by atoms with Crippen LogP contribution in [0.5, 0.6) is 0 Å². The molecule has 3 N–H and O–H groups in total. The second-order valence-corrected chi connectivity index (χ2v) is 2.91. The first-order valence-electron chi connectivity index (χ1n) is 3.52. The van der Waals surface area contributed by atoms with Gasteiger partial charge in [0.15, 0.2) is 0 Å². The monoisotopic (exact) mass is 182 g/mol. The summed E-state index contributed by atoms with van der Waals surface area (Å²) in [5.74, 6) is 3.54. The van der Waals surface area contributed by atoms with Crippen LogP contribution in [0.2, 0.25) is 0 Å². The number of halogens is 3. The minimum absolute atomic E-state index is 0.153. The van der Waals surface area contributed by atoms with E-state index in [9.17, 15) is 18.0 Å². The van der Waals surface area contributed by atoms with Gasteiger partial charge in [-0.2, -0.15) is 13.2 Å². The van der Waals surface area contributed by atoms with Crippen molar-refractivity contribution >= 4 is 5.91 Å². The molecule has 1 aliphatic rings. The van der Waals surface area contributed by atoms with Gasteiger partial charge in [-0.25, -0.2) is 5.84 Å². The van der Waals surface area contributed by atoms with Crippen molar-refractivity contribution in [2.24, 2.45) is 11.3 Å². The molecule has 70 valence electrons. The van der Waals surface area contributed by atoms with Crippen molar-refractivity contribution in [3.8, 4) is 0 Å². The molecule has 0 unspecified atom stereocenters. The van der Waals surface area contributed by atoms with E-state index in [1.165, 1.54) is 0 Å². The molecule has 0 saturated heterocycles. The molecular formula is C6H9F3N2O. The smallest absolute Gasteiger partial charge is 0.293 e. The zero-order valence-corrected chi connectivity index (χ0v) is 6.24. The molecule has 0 atom stereocenters. The quantitative estimate of drug-likeness (QED) is 0.356. The molecule has 6 heteroatoms. The number of rotatable bonds is 1. The molecule has 1 amide bonds. The molecule has 1 rings (SSSR count). The number of nitrogens with two attached hydrogens (primary N) is 1. The topological polar surface area (TPSA) is 55.1 Å². The first-order valence-corrected chi connectivity index (χ1v) is 3.52. The standard InChI is InChI=1S/C6H9F3N2O/c7-6(8,9)5(2-1-3-5)4(12)11-10/h1-3,10H2,(H,11,12). The highest BCUT2D eigenvalue weighted by Crippen LogP contribution is 2.52. The number of carbonyl (C=O) groups is 1. The van der Waals surface area contributed by atoms with E-state index in [2.05, 4.69) is 5.84 Å². The minimum Gasteiger partial charge on any atom is -0.293 e. The van der Waals surface area contributed by atoms with Crippen molar-refractivity contribution in [2.75, 3.05) is 0 Å². The van der Waals surface area contributed by atoms with Gasteiger partial charge < -0.3 is 0 Å². The molecule has 1 aliphatic carbocycles. The lowest BCUT2D eigenvalue weighted by Gasteiger charge is -2.40. The molecule has 0 spiro atoms. The molecule has 0 aliphatic heterocycles. The summed E-state index contributed by atoms with van der Waals surface area (Å²) in [5, 5.41) is 0. The number of hydrogen-bond donors (Lipinski definition) is 2. The highest BCUT2D eigenvalue weighted by Gasteiger charge is 2.63. The lowest BCUT2D eigenvalue weighted by Crippen LogP contribution is -2.56. The van der Waals surface area contributed by atoms with E-state index in [1.807, 2.05) is 0 Å². The van der Waals surface area contributed by atoms with E-state index < -0.39 is 17.5 Å². The third-order valence-electron chi connectivity index (χ3n) is 2.32. The van der Waals surface area contributed by atoms with Gasteiger partial charge in [0.05, 0.1) is 0 Å². The fourth-order valence-electron chi connectivity index (χ4n) is 1.31. The molecular weight excluding hydrogens is 173 g/mol. The number of amides is 1. The molecule has 1 fully saturated rings. The Balaban J connectivity index is 2.83. The van der Waals surface area contributed by atoms with Gasteiger partial charge >= 0.3 is 6.18 Å². The van der Waals surface area contributed by atoms with Gasteiger partial charge in [-0.05, 0) is 12.8 Å². The highest BCUT2D eigenvalue weighted by atomic mass is 19.4. The van der Waals surface area contributed by atoms with E-state index in [-0.39, 0.29) is 12.8 Å². The summed E-state index contributed by atoms with van der Waals surface area (Å²) in [4.78, 5) is 10.8. The maximum atomic E-state index is 12.3. The Morgan fingerprint density at radius 1 is 1.42 bits per heavy atom. The van der Waals surface area contributed by atoms with Gasteiger partial charge in [0, 0.05) is 0 Å². The van der Waals surface area contributed by atoms with Gasteiger partial charge in [-0.15, -0.1) is 0 Å². The zero-order valence-electron chi connectivity index (χ0n) is 6.24. The lowest BCUT2D eigenvalue weighted by molar-refractivity contribution is -0.243. The average Bonchev–Trinajstić information content (AvgIpc) is 1.81. The number of nitrogens with one attached hydrogen (secondary N) is 1. The van der Waals surface area contributed by atoms with Crippen molar-refractivity contribution < 1.29 is 18.0 Å². The van der Waals surface area contributed by atoms with Crippen molar-refractivity contribution in [3.63, 3.8) is 0 Å². The second-order valence-electron chi connectivity index (χ2n) is 2.91. The SMILES string of the molecule is NNC(=O)C1(C(F)(F)F)CCC1. The number of hydrogen-bond acceptors (Lipinski definition) is 2. The summed E-state index contributed by atoms with van der Waals surface area (Å²) in [6.45, 7) is 0. The van der Waals surface area contributed by atoms with Crippen LogP contribution in [0.4, 0.5) is 13.2 Å². The molecule has 3 nitrogen and oxygen atoms in total. The number of carbonyl (C=O) groups excluding carboxylic acids is 1. The van der Waals surface area contributed by atoms with E-state index in [0.29, 0.717) is 6.42 Å². The summed E-state index contributed by atoms with van der Waals surface area (Å²) in [7, 11) is 0. The van der Waals surface area contributed by atoms with Crippen LogP contribution in [0.15, 0.2) is 0 Å².